The van der Waals surface area contributed by atoms with Gasteiger partial charge < -0.3 is 40.5 Å². The quantitative estimate of drug-likeness (QED) is 0.551. The van der Waals surface area contributed by atoms with Gasteiger partial charge >= 0.3 is 58.4 Å². The van der Waals surface area contributed by atoms with Crippen molar-refractivity contribution in [2.45, 2.75) is 0 Å². The maximum absolute atomic E-state index is 0. The average Bonchev–Trinajstić information content (AvgIpc) is 0. The molecule has 0 N–H and O–H groups in total. The molecule has 0 bridgehead atoms. The molecule has 0 nitrogen and oxygen atoms in total. The van der Waals surface area contributed by atoms with Crippen LogP contribution in [0.25, 0.3) is 0 Å². The van der Waals surface area contributed by atoms with Crippen LogP contribution in [0.1, 0.15) is 0 Å². The molecule has 0 aromatic carbocycles. The Kier molecular flexibility index (Phi) is 486. The summed E-state index contributed by atoms with van der Waals surface area (Å²) in [6.07, 6.45) is 0. The van der Waals surface area contributed by atoms with Crippen LogP contribution in [0, 0.1) is 0 Å². The molecule has 0 aromatic heterocycles. The molecular formula is S3Zn3. The van der Waals surface area contributed by atoms with Crippen molar-refractivity contribution in [2.75, 3.05) is 0 Å². The second-order valence-electron chi connectivity index (χ2n) is 0. The summed E-state index contributed by atoms with van der Waals surface area (Å²) in [4.78, 5) is 0. The number of rotatable bonds is 0. The van der Waals surface area contributed by atoms with Gasteiger partial charge in [-0.1, -0.05) is 0 Å². The maximum Gasteiger partial charge on any atom is 2.00 e. The third kappa shape index (κ3) is 28.4. The fourth-order valence-corrected chi connectivity index (χ4v) is 0. The molecule has 6 heavy (non-hydrogen) atoms. The number of hydrogen-bond donors (Lipinski definition) is 0. The van der Waals surface area contributed by atoms with Crippen molar-refractivity contribution < 1.29 is 58.4 Å². The predicted molar refractivity (Wildman–Crippen MR) is 22.1 cm³/mol. The first-order valence-corrected chi connectivity index (χ1v) is 0. The molecule has 0 aliphatic rings. The molecule has 6 heteroatoms. The van der Waals surface area contributed by atoms with E-state index in [4.69, 9.17) is 0 Å². The van der Waals surface area contributed by atoms with Crippen molar-refractivity contribution >= 4 is 40.5 Å². The third-order valence-electron chi connectivity index (χ3n) is 0. The Morgan fingerprint density at radius 3 is 0.333 bits per heavy atom. The van der Waals surface area contributed by atoms with Crippen LogP contribution in [-0.4, -0.2) is 0 Å². The van der Waals surface area contributed by atoms with Gasteiger partial charge in [-0.2, -0.15) is 0 Å². The van der Waals surface area contributed by atoms with E-state index < -0.39 is 0 Å². The van der Waals surface area contributed by atoms with Gasteiger partial charge in [0.15, 0.2) is 0 Å². The van der Waals surface area contributed by atoms with Gasteiger partial charge in [0.05, 0.1) is 0 Å². The standard InChI is InChI=1S/3S.3Zn/q3*-2;3*+2. The van der Waals surface area contributed by atoms with Gasteiger partial charge in [0.25, 0.3) is 0 Å². The Hall–Kier alpha value is 2.92. The van der Waals surface area contributed by atoms with Crippen molar-refractivity contribution in [3.63, 3.8) is 0 Å². The fraction of sp³-hybridized carbons (Fsp3) is 0. The van der Waals surface area contributed by atoms with E-state index >= 15 is 0 Å². The summed E-state index contributed by atoms with van der Waals surface area (Å²) < 4.78 is 0. The fourth-order valence-electron chi connectivity index (χ4n) is 0. The Labute approximate surface area is 97.6 Å². The Morgan fingerprint density at radius 1 is 0.333 bits per heavy atom. The Balaban J connectivity index is 0. The zero-order chi connectivity index (χ0) is 0. The zero-order valence-corrected chi connectivity index (χ0v) is 14.7. The van der Waals surface area contributed by atoms with E-state index in [2.05, 4.69) is 0 Å². The van der Waals surface area contributed by atoms with E-state index in [1.165, 1.54) is 0 Å². The monoisotopic (exact) mass is 288 g/mol. The van der Waals surface area contributed by atoms with E-state index in [-0.39, 0.29) is 98.9 Å². The first-order valence-electron chi connectivity index (χ1n) is 0. The van der Waals surface area contributed by atoms with Crippen LogP contribution in [0.3, 0.4) is 0 Å². The molecule has 0 amide bonds. The van der Waals surface area contributed by atoms with Gasteiger partial charge in [0, 0.05) is 0 Å². The molecule has 0 atom stereocenters. The van der Waals surface area contributed by atoms with Crippen molar-refractivity contribution in [1.29, 1.82) is 0 Å². The zero-order valence-electron chi connectivity index (χ0n) is 3.35. The van der Waals surface area contributed by atoms with Crippen molar-refractivity contribution in [3.8, 4) is 0 Å². The second kappa shape index (κ2) is 44.5. The van der Waals surface area contributed by atoms with E-state index in [1.54, 1.807) is 0 Å². The molecule has 0 fully saturated rings. The molecule has 0 saturated heterocycles. The minimum absolute atomic E-state index is 0. The van der Waals surface area contributed by atoms with Crippen LogP contribution in [0.4, 0.5) is 0 Å². The molecular weight excluding hydrogens is 292 g/mol. The van der Waals surface area contributed by atoms with Crippen LogP contribution in [-0.2, 0) is 98.9 Å². The smallest absolute Gasteiger partial charge is 2.00 e. The number of hydrogen-bond acceptors (Lipinski definition) is 0. The molecule has 0 radical (unpaired) electrons. The minimum Gasteiger partial charge on any atom is -2.00 e. The normalized spacial score (nSPS) is 0. The third-order valence-corrected chi connectivity index (χ3v) is 0. The predicted octanol–water partition coefficient (Wildman–Crippen LogP) is -0.0147. The summed E-state index contributed by atoms with van der Waals surface area (Å²) in [7, 11) is 0. The molecule has 0 aliphatic heterocycles. The van der Waals surface area contributed by atoms with E-state index in [0.29, 0.717) is 0 Å². The van der Waals surface area contributed by atoms with Gasteiger partial charge in [-0.3, -0.25) is 0 Å². The minimum atomic E-state index is 0. The van der Waals surface area contributed by atoms with Gasteiger partial charge in [-0.25, -0.2) is 0 Å². The maximum atomic E-state index is 0. The SMILES string of the molecule is [S-2].[S-2].[S-2].[Zn+2].[Zn+2].[Zn+2]. The molecule has 0 aliphatic carbocycles. The van der Waals surface area contributed by atoms with Crippen molar-refractivity contribution in [2.24, 2.45) is 0 Å². The average molecular weight is 292 g/mol. The summed E-state index contributed by atoms with van der Waals surface area (Å²) in [6, 6.07) is 0. The molecule has 0 heterocycles. The van der Waals surface area contributed by atoms with Gasteiger partial charge in [0.1, 0.15) is 0 Å². The Morgan fingerprint density at radius 2 is 0.333 bits per heavy atom. The summed E-state index contributed by atoms with van der Waals surface area (Å²) >= 11 is 0. The molecule has 0 saturated carbocycles. The van der Waals surface area contributed by atoms with E-state index in [1.807, 2.05) is 0 Å². The largest absolute Gasteiger partial charge is 2.00 e. The van der Waals surface area contributed by atoms with Crippen LogP contribution in [0.2, 0.25) is 0 Å². The first kappa shape index (κ1) is 65.6. The molecule has 0 rings (SSSR count). The second-order valence-corrected chi connectivity index (χ2v) is 0. The first-order chi connectivity index (χ1) is 0. The molecule has 0 aromatic rings. The molecule has 0 unspecified atom stereocenters. The van der Waals surface area contributed by atoms with Gasteiger partial charge in [-0.05, 0) is 0 Å². The molecule has 0 spiro atoms. The van der Waals surface area contributed by atoms with Crippen LogP contribution in [0.15, 0.2) is 0 Å². The summed E-state index contributed by atoms with van der Waals surface area (Å²) in [6.45, 7) is 0. The molecule has 24 valence electrons. The summed E-state index contributed by atoms with van der Waals surface area (Å²) in [5.74, 6) is 0. The van der Waals surface area contributed by atoms with Crippen LogP contribution < -0.4 is 0 Å². The van der Waals surface area contributed by atoms with E-state index in [9.17, 15) is 0 Å². The summed E-state index contributed by atoms with van der Waals surface area (Å²) in [5, 5.41) is 0. The van der Waals surface area contributed by atoms with Gasteiger partial charge in [0.2, 0.25) is 0 Å². The summed E-state index contributed by atoms with van der Waals surface area (Å²) in [5.41, 5.74) is 0. The van der Waals surface area contributed by atoms with Crippen molar-refractivity contribution in [3.05, 3.63) is 0 Å². The van der Waals surface area contributed by atoms with E-state index in [0.717, 1.165) is 0 Å². The van der Waals surface area contributed by atoms with Gasteiger partial charge in [-0.15, -0.1) is 0 Å². The van der Waals surface area contributed by atoms with Crippen LogP contribution in [0.5, 0.6) is 0 Å². The van der Waals surface area contributed by atoms with Crippen molar-refractivity contribution in [1.82, 2.24) is 0 Å². The van der Waals surface area contributed by atoms with Crippen LogP contribution >= 0.6 is 0 Å². The Bertz CT molecular complexity index is 6.00. The topological polar surface area (TPSA) is 0 Å².